The van der Waals surface area contributed by atoms with E-state index in [0.717, 1.165) is 0 Å². The number of quaternary nitrogens is 1. The molecule has 0 aliphatic heterocycles. The van der Waals surface area contributed by atoms with Crippen molar-refractivity contribution in [2.75, 3.05) is 17.7 Å². The van der Waals surface area contributed by atoms with E-state index in [0.29, 0.717) is 0 Å². The summed E-state index contributed by atoms with van der Waals surface area (Å²) in [6.45, 7) is 10.9. The molecule has 0 fully saturated rings. The molecule has 0 aromatic carbocycles. The molecular formula is C9H24IN. The first-order chi connectivity index (χ1) is 4.74. The number of rotatable bonds is 5. The second-order valence-corrected chi connectivity index (χ2v) is 14.3. The molecule has 0 unspecified atom stereocenters. The fourth-order valence-corrected chi connectivity index (χ4v) is 7.55. The molecule has 0 rings (SSSR count). The van der Waals surface area contributed by atoms with Gasteiger partial charge in [0.1, 0.15) is 0 Å². The van der Waals surface area contributed by atoms with Crippen molar-refractivity contribution in [3.63, 3.8) is 0 Å². The molecule has 0 bridgehead atoms. The Morgan fingerprint density at radius 2 is 1.45 bits per heavy atom. The van der Waals surface area contributed by atoms with Gasteiger partial charge in [0.15, 0.2) is 0 Å². The first-order valence-corrected chi connectivity index (χ1v) is 10.1. The van der Waals surface area contributed by atoms with Gasteiger partial charge < -0.3 is 6.15 Å². The van der Waals surface area contributed by atoms with Crippen molar-refractivity contribution in [1.29, 1.82) is 0 Å². The maximum Gasteiger partial charge on any atom is -0.369 e. The summed E-state index contributed by atoms with van der Waals surface area (Å²) in [7, 11) is 0. The van der Waals surface area contributed by atoms with Crippen molar-refractivity contribution in [3.8, 4) is 0 Å². The Labute approximate surface area is 75.7 Å². The second-order valence-electron chi connectivity index (χ2n) is 2.38. The summed E-state index contributed by atoms with van der Waals surface area (Å²) in [5, 5.41) is 0. The van der Waals surface area contributed by atoms with Crippen molar-refractivity contribution in [1.82, 2.24) is 6.15 Å². The van der Waals surface area contributed by atoms with E-state index < -0.39 is 18.4 Å². The molecule has 0 aliphatic rings. The van der Waals surface area contributed by atoms with Crippen LogP contribution in [-0.4, -0.2) is 17.7 Å². The molecule has 1 nitrogen and oxygen atoms in total. The summed E-state index contributed by atoms with van der Waals surface area (Å²) < 4.78 is 5.75. The number of halogens is 1. The zero-order chi connectivity index (χ0) is 8.04. The van der Waals surface area contributed by atoms with Gasteiger partial charge in [-0.15, -0.1) is 0 Å². The third kappa shape index (κ3) is 4.11. The minimum atomic E-state index is -1.25. The van der Waals surface area contributed by atoms with E-state index in [1.807, 2.05) is 0 Å². The molecular weight excluding hydrogens is 249 g/mol. The first kappa shape index (κ1) is 14.0. The zero-order valence-electron chi connectivity index (χ0n) is 8.49. The average molecular weight is 273 g/mol. The first-order valence-electron chi connectivity index (χ1n) is 4.01. The van der Waals surface area contributed by atoms with Crippen LogP contribution in [0.4, 0.5) is 0 Å². The van der Waals surface area contributed by atoms with Gasteiger partial charge in [0, 0.05) is 0 Å². The van der Waals surface area contributed by atoms with Crippen LogP contribution in [0.2, 0.25) is 0 Å². The Morgan fingerprint density at radius 1 is 1.09 bits per heavy atom. The number of hydrogen-bond donors (Lipinski definition) is 1. The van der Waals surface area contributed by atoms with E-state index in [9.17, 15) is 0 Å². The van der Waals surface area contributed by atoms with Gasteiger partial charge in [0.05, 0.1) is 0 Å². The minimum absolute atomic E-state index is 0. The van der Waals surface area contributed by atoms with E-state index in [-0.39, 0.29) is 6.15 Å². The number of hydrogen-bond acceptors (Lipinski definition) is 0. The molecule has 0 atom stereocenters. The molecule has 0 saturated carbocycles. The van der Waals surface area contributed by atoms with E-state index in [2.05, 4.69) is 33.4 Å². The smallest absolute Gasteiger partial charge is 0.369 e. The van der Waals surface area contributed by atoms with E-state index in [4.69, 9.17) is 0 Å². The van der Waals surface area contributed by atoms with Gasteiger partial charge in [-0.05, 0) is 0 Å². The Hall–Kier alpha value is 0.430. The Morgan fingerprint density at radius 3 is 1.55 bits per heavy atom. The largest absolute Gasteiger partial charge is 0.369 e. The zero-order valence-corrected chi connectivity index (χ0v) is 10.6. The summed E-state index contributed by atoms with van der Waals surface area (Å²) in [5.74, 6) is 0. The molecule has 0 aromatic rings. The van der Waals surface area contributed by atoms with E-state index in [1.165, 1.54) is 17.7 Å². The predicted octanol–water partition coefficient (Wildman–Crippen LogP) is -0.231. The second kappa shape index (κ2) is 7.10. The summed E-state index contributed by atoms with van der Waals surface area (Å²) >= 11 is -1.25. The van der Waals surface area contributed by atoms with Crippen LogP contribution in [0.5, 0.6) is 0 Å². The summed E-state index contributed by atoms with van der Waals surface area (Å²) in [6.07, 6.45) is 2.13. The van der Waals surface area contributed by atoms with Crippen LogP contribution in [-0.2, 0) is 0 Å². The Kier molecular flexibility index (Phi) is 9.02. The maximum absolute atomic E-state index is 3.83. The molecule has 72 valence electrons. The van der Waals surface area contributed by atoms with Gasteiger partial charge in [-0.1, -0.05) is 0 Å². The van der Waals surface area contributed by atoms with Crippen LogP contribution < -0.4 is 24.6 Å². The predicted molar refractivity (Wildman–Crippen MR) is 52.7 cm³/mol. The van der Waals surface area contributed by atoms with Crippen molar-refractivity contribution in [2.45, 2.75) is 20.8 Å². The van der Waals surface area contributed by atoms with Crippen LogP contribution in [0, 0.1) is 0 Å². The van der Waals surface area contributed by atoms with Gasteiger partial charge in [-0.2, -0.15) is 0 Å². The fourth-order valence-electron chi connectivity index (χ4n) is 1.13. The molecule has 2 heteroatoms. The van der Waals surface area contributed by atoms with Crippen molar-refractivity contribution in [2.24, 2.45) is 0 Å². The molecule has 0 radical (unpaired) electrons. The third-order valence-corrected chi connectivity index (χ3v) is 14.3. The van der Waals surface area contributed by atoms with Gasteiger partial charge in [0.25, 0.3) is 0 Å². The molecule has 0 saturated heterocycles. The quantitative estimate of drug-likeness (QED) is 0.408. The molecule has 0 heterocycles. The molecule has 11 heavy (non-hydrogen) atoms. The van der Waals surface area contributed by atoms with Crippen LogP contribution in [0.15, 0.2) is 12.7 Å². The monoisotopic (exact) mass is 273 g/mol. The van der Waals surface area contributed by atoms with Crippen LogP contribution in [0.3, 0.4) is 0 Å². The molecule has 0 spiro atoms. The average Bonchev–Trinajstić information content (AvgIpc) is 2.01. The molecule has 4 N–H and O–H groups in total. The standard InChI is InChI=1S/C9H20I.H3N/c1-5-9-10(6-2,7-3)8-4;/h5H,1,6-9H2,2-4H3;1H3/q-1;/p+1. The van der Waals surface area contributed by atoms with Gasteiger partial charge in [-0.3, -0.25) is 0 Å². The van der Waals surface area contributed by atoms with Crippen LogP contribution in [0.25, 0.3) is 0 Å². The summed E-state index contributed by atoms with van der Waals surface area (Å²) in [6, 6.07) is 0. The SMILES string of the molecule is C=CC[I-](CC)(CC)CC.[NH4+]. The van der Waals surface area contributed by atoms with Gasteiger partial charge in [0.2, 0.25) is 0 Å². The maximum atomic E-state index is 3.83. The minimum Gasteiger partial charge on any atom is -0.369 e. The van der Waals surface area contributed by atoms with Crippen LogP contribution >= 0.6 is 0 Å². The van der Waals surface area contributed by atoms with Crippen LogP contribution in [0.1, 0.15) is 20.8 Å². The third-order valence-electron chi connectivity index (χ3n) is 2.14. The summed E-state index contributed by atoms with van der Waals surface area (Å²) in [4.78, 5) is 0. The van der Waals surface area contributed by atoms with Crippen molar-refractivity contribution < 1.29 is 18.4 Å². The van der Waals surface area contributed by atoms with Gasteiger partial charge >= 0.3 is 69.6 Å². The normalized spacial score (nSPS) is 11.9. The van der Waals surface area contributed by atoms with Gasteiger partial charge in [-0.25, -0.2) is 0 Å². The van der Waals surface area contributed by atoms with E-state index in [1.54, 1.807) is 0 Å². The topological polar surface area (TPSA) is 36.5 Å². The van der Waals surface area contributed by atoms with E-state index >= 15 is 0 Å². The molecule has 0 aliphatic carbocycles. The molecule has 0 amide bonds. The van der Waals surface area contributed by atoms with Crippen molar-refractivity contribution >= 4 is 0 Å². The van der Waals surface area contributed by atoms with Crippen molar-refractivity contribution in [3.05, 3.63) is 12.7 Å². The fraction of sp³-hybridized carbons (Fsp3) is 0.778. The Balaban J connectivity index is 0. The molecule has 0 aromatic heterocycles. The Bertz CT molecular complexity index is 89.5. The summed E-state index contributed by atoms with van der Waals surface area (Å²) in [5.41, 5.74) is 0. The number of alkyl halides is 4. The number of allylic oxidation sites excluding steroid dienone is 1.